The normalized spacial score (nSPS) is 14.6. The summed E-state index contributed by atoms with van der Waals surface area (Å²) < 4.78 is 0. The summed E-state index contributed by atoms with van der Waals surface area (Å²) in [7, 11) is 0. The van der Waals surface area contributed by atoms with E-state index in [0.717, 1.165) is 23.5 Å². The number of pyridine rings is 1. The Morgan fingerprint density at radius 2 is 1.75 bits per heavy atom. The van der Waals surface area contributed by atoms with Gasteiger partial charge in [-0.2, -0.15) is 0 Å². The first kappa shape index (κ1) is 18.4. The number of likely N-dealkylation sites (tertiary alicyclic amines) is 1. The highest BCUT2D eigenvalue weighted by molar-refractivity contribution is 6.04. The summed E-state index contributed by atoms with van der Waals surface area (Å²) in [6.07, 6.45) is 5.69. The minimum atomic E-state index is -0.0947. The van der Waals surface area contributed by atoms with Crippen LogP contribution in [-0.4, -0.2) is 28.9 Å². The SMILES string of the molecule is O=C(Nc1cccc(-c2ccccn2)c1)c1ccc(CN2CCCCC2)cc1. The summed E-state index contributed by atoms with van der Waals surface area (Å²) in [4.78, 5) is 19.5. The molecule has 1 N–H and O–H groups in total. The molecule has 1 aliphatic heterocycles. The Hall–Kier alpha value is -2.98. The molecular weight excluding hydrogens is 346 g/mol. The fourth-order valence-corrected chi connectivity index (χ4v) is 3.63. The second-order valence-electron chi connectivity index (χ2n) is 7.28. The molecule has 0 saturated carbocycles. The van der Waals surface area contributed by atoms with Gasteiger partial charge in [0, 0.05) is 29.6 Å². The van der Waals surface area contributed by atoms with E-state index in [1.165, 1.54) is 37.9 Å². The molecule has 0 radical (unpaired) electrons. The van der Waals surface area contributed by atoms with Crippen molar-refractivity contribution in [1.29, 1.82) is 0 Å². The summed E-state index contributed by atoms with van der Waals surface area (Å²) in [6, 6.07) is 21.5. The Kier molecular flexibility index (Phi) is 5.78. The average molecular weight is 371 g/mol. The minimum absolute atomic E-state index is 0.0947. The number of nitrogens with one attached hydrogen (secondary N) is 1. The monoisotopic (exact) mass is 371 g/mol. The van der Waals surface area contributed by atoms with Gasteiger partial charge in [-0.3, -0.25) is 14.7 Å². The molecule has 0 spiro atoms. The number of anilines is 1. The van der Waals surface area contributed by atoms with Gasteiger partial charge in [-0.25, -0.2) is 0 Å². The smallest absolute Gasteiger partial charge is 0.255 e. The topological polar surface area (TPSA) is 45.2 Å². The number of carbonyl (C=O) groups excluding carboxylic acids is 1. The predicted octanol–water partition coefficient (Wildman–Crippen LogP) is 4.99. The van der Waals surface area contributed by atoms with Crippen LogP contribution in [0.5, 0.6) is 0 Å². The maximum atomic E-state index is 12.6. The van der Waals surface area contributed by atoms with Gasteiger partial charge in [-0.1, -0.05) is 36.8 Å². The molecule has 1 saturated heterocycles. The van der Waals surface area contributed by atoms with Crippen LogP contribution in [0.3, 0.4) is 0 Å². The van der Waals surface area contributed by atoms with Crippen molar-refractivity contribution in [2.75, 3.05) is 18.4 Å². The first-order valence-electron chi connectivity index (χ1n) is 9.92. The van der Waals surface area contributed by atoms with Crippen molar-refractivity contribution < 1.29 is 4.79 Å². The third-order valence-corrected chi connectivity index (χ3v) is 5.15. The summed E-state index contributed by atoms with van der Waals surface area (Å²) in [5.41, 5.74) is 4.57. The van der Waals surface area contributed by atoms with Gasteiger partial charge < -0.3 is 5.32 Å². The van der Waals surface area contributed by atoms with E-state index in [0.29, 0.717) is 5.56 Å². The fourth-order valence-electron chi connectivity index (χ4n) is 3.63. The molecule has 3 aromatic rings. The Morgan fingerprint density at radius 3 is 2.50 bits per heavy atom. The van der Waals surface area contributed by atoms with Crippen LogP contribution in [0.25, 0.3) is 11.3 Å². The van der Waals surface area contributed by atoms with Crippen LogP contribution in [-0.2, 0) is 6.54 Å². The number of aromatic nitrogens is 1. The molecule has 0 atom stereocenters. The van der Waals surface area contributed by atoms with Crippen LogP contribution in [0.1, 0.15) is 35.2 Å². The summed E-state index contributed by atoms with van der Waals surface area (Å²) in [5.74, 6) is -0.0947. The van der Waals surface area contributed by atoms with Gasteiger partial charge in [-0.15, -0.1) is 0 Å². The Bertz CT molecular complexity index is 916. The number of benzene rings is 2. The largest absolute Gasteiger partial charge is 0.322 e. The van der Waals surface area contributed by atoms with E-state index in [1.807, 2.05) is 54.6 Å². The number of carbonyl (C=O) groups is 1. The number of nitrogens with zero attached hydrogens (tertiary/aromatic N) is 2. The van der Waals surface area contributed by atoms with E-state index in [1.54, 1.807) is 6.20 Å². The fraction of sp³-hybridized carbons (Fsp3) is 0.250. The Morgan fingerprint density at radius 1 is 0.929 bits per heavy atom. The van der Waals surface area contributed by atoms with Crippen LogP contribution < -0.4 is 5.32 Å². The number of rotatable bonds is 5. The molecule has 28 heavy (non-hydrogen) atoms. The van der Waals surface area contributed by atoms with Crippen molar-refractivity contribution >= 4 is 11.6 Å². The third-order valence-electron chi connectivity index (χ3n) is 5.15. The highest BCUT2D eigenvalue weighted by Gasteiger charge is 2.11. The highest BCUT2D eigenvalue weighted by atomic mass is 16.1. The zero-order valence-corrected chi connectivity index (χ0v) is 16.0. The van der Waals surface area contributed by atoms with Gasteiger partial charge in [0.05, 0.1) is 5.69 Å². The van der Waals surface area contributed by atoms with Gasteiger partial charge in [0.25, 0.3) is 5.91 Å². The molecule has 2 aromatic carbocycles. The van der Waals surface area contributed by atoms with Gasteiger partial charge in [0.1, 0.15) is 0 Å². The molecule has 1 fully saturated rings. The number of amides is 1. The molecule has 1 amide bonds. The van der Waals surface area contributed by atoms with Crippen molar-refractivity contribution in [2.24, 2.45) is 0 Å². The average Bonchev–Trinajstić information content (AvgIpc) is 2.76. The van der Waals surface area contributed by atoms with Crippen molar-refractivity contribution in [3.8, 4) is 11.3 Å². The zero-order valence-electron chi connectivity index (χ0n) is 16.0. The van der Waals surface area contributed by atoms with Crippen molar-refractivity contribution in [2.45, 2.75) is 25.8 Å². The second kappa shape index (κ2) is 8.81. The lowest BCUT2D eigenvalue weighted by atomic mass is 10.1. The molecule has 0 aliphatic carbocycles. The summed E-state index contributed by atoms with van der Waals surface area (Å²) >= 11 is 0. The zero-order chi connectivity index (χ0) is 19.2. The van der Waals surface area contributed by atoms with Crippen LogP contribution >= 0.6 is 0 Å². The van der Waals surface area contributed by atoms with Crippen molar-refractivity contribution in [1.82, 2.24) is 9.88 Å². The summed E-state index contributed by atoms with van der Waals surface area (Å²) in [5, 5.41) is 2.99. The lowest BCUT2D eigenvalue weighted by Crippen LogP contribution is -2.29. The molecule has 2 heterocycles. The van der Waals surface area contributed by atoms with Gasteiger partial charge >= 0.3 is 0 Å². The van der Waals surface area contributed by atoms with Crippen LogP contribution in [0.2, 0.25) is 0 Å². The Balaban J connectivity index is 1.41. The van der Waals surface area contributed by atoms with E-state index in [9.17, 15) is 4.79 Å². The predicted molar refractivity (Wildman–Crippen MR) is 113 cm³/mol. The molecule has 4 rings (SSSR count). The van der Waals surface area contributed by atoms with Gasteiger partial charge in [0.15, 0.2) is 0 Å². The first-order valence-corrected chi connectivity index (χ1v) is 9.92. The van der Waals surface area contributed by atoms with Crippen LogP contribution in [0.15, 0.2) is 72.9 Å². The van der Waals surface area contributed by atoms with E-state index in [2.05, 4.69) is 27.3 Å². The molecule has 0 bridgehead atoms. The molecular formula is C24H25N3O. The second-order valence-corrected chi connectivity index (χ2v) is 7.28. The van der Waals surface area contributed by atoms with E-state index < -0.39 is 0 Å². The highest BCUT2D eigenvalue weighted by Crippen LogP contribution is 2.21. The third kappa shape index (κ3) is 4.65. The molecule has 1 aromatic heterocycles. The molecule has 0 unspecified atom stereocenters. The quantitative estimate of drug-likeness (QED) is 0.687. The van der Waals surface area contributed by atoms with Crippen molar-refractivity contribution in [3.63, 3.8) is 0 Å². The first-order chi connectivity index (χ1) is 13.8. The maximum absolute atomic E-state index is 12.6. The number of hydrogen-bond acceptors (Lipinski definition) is 3. The van der Waals surface area contributed by atoms with Gasteiger partial charge in [0.2, 0.25) is 0 Å². The number of hydrogen-bond donors (Lipinski definition) is 1. The van der Waals surface area contributed by atoms with Crippen LogP contribution in [0, 0.1) is 0 Å². The maximum Gasteiger partial charge on any atom is 0.255 e. The van der Waals surface area contributed by atoms with Crippen LogP contribution in [0.4, 0.5) is 5.69 Å². The van der Waals surface area contributed by atoms with E-state index in [-0.39, 0.29) is 5.91 Å². The Labute approximate surface area is 166 Å². The lowest BCUT2D eigenvalue weighted by Gasteiger charge is -2.26. The molecule has 4 heteroatoms. The molecule has 4 nitrogen and oxygen atoms in total. The number of piperidine rings is 1. The summed E-state index contributed by atoms with van der Waals surface area (Å²) in [6.45, 7) is 3.32. The van der Waals surface area contributed by atoms with Crippen molar-refractivity contribution in [3.05, 3.63) is 84.1 Å². The molecule has 1 aliphatic rings. The van der Waals surface area contributed by atoms with E-state index in [4.69, 9.17) is 0 Å². The minimum Gasteiger partial charge on any atom is -0.322 e. The standard InChI is InChI=1S/C24H25N3O/c28-24(20-12-10-19(11-13-20)18-27-15-4-1-5-16-27)26-22-8-6-7-21(17-22)23-9-2-3-14-25-23/h2-3,6-14,17H,1,4-5,15-16,18H2,(H,26,28). The lowest BCUT2D eigenvalue weighted by molar-refractivity contribution is 0.102. The molecule has 142 valence electrons. The van der Waals surface area contributed by atoms with Gasteiger partial charge in [-0.05, 0) is 67.9 Å². The van der Waals surface area contributed by atoms with E-state index >= 15 is 0 Å².